The first kappa shape index (κ1) is 11.7. The lowest BCUT2D eigenvalue weighted by molar-refractivity contribution is 0.334. The molecule has 1 nitrogen and oxygen atoms in total. The number of fused-ring (bicyclic) bond motifs is 1. The van der Waals surface area contributed by atoms with Crippen molar-refractivity contribution in [3.8, 4) is 0 Å². The molecule has 1 aliphatic carbocycles. The minimum atomic E-state index is 0.670. The highest BCUT2D eigenvalue weighted by molar-refractivity contribution is 5.39. The van der Waals surface area contributed by atoms with Crippen molar-refractivity contribution >= 4 is 0 Å². The maximum absolute atomic E-state index is 3.48. The molecule has 3 atom stereocenters. The molecule has 3 unspecified atom stereocenters. The van der Waals surface area contributed by atoms with Gasteiger partial charge >= 0.3 is 0 Å². The van der Waals surface area contributed by atoms with E-state index in [0.717, 1.165) is 11.8 Å². The number of hydrogen-bond donors (Lipinski definition) is 1. The summed E-state index contributed by atoms with van der Waals surface area (Å²) < 4.78 is 0. The van der Waals surface area contributed by atoms with Gasteiger partial charge in [-0.2, -0.15) is 0 Å². The number of benzene rings is 1. The average Bonchev–Trinajstić information content (AvgIpc) is 2.30. The Bertz CT molecular complexity index is 345. The van der Waals surface area contributed by atoms with Gasteiger partial charge in [0.15, 0.2) is 0 Å². The molecule has 1 heteroatoms. The number of nitrogens with one attached hydrogen (secondary N) is 1. The lowest BCUT2D eigenvalue weighted by atomic mass is 9.73. The van der Waals surface area contributed by atoms with Crippen molar-refractivity contribution in [2.24, 2.45) is 5.92 Å². The van der Waals surface area contributed by atoms with Gasteiger partial charge in [0.1, 0.15) is 0 Å². The predicted octanol–water partition coefficient (Wildman–Crippen LogP) is 3.35. The van der Waals surface area contributed by atoms with E-state index in [0.29, 0.717) is 6.04 Å². The van der Waals surface area contributed by atoms with Crippen molar-refractivity contribution in [1.82, 2.24) is 5.32 Å². The molecular weight excluding hydrogens is 194 g/mol. The number of hydrogen-bond acceptors (Lipinski definition) is 1. The second-order valence-corrected chi connectivity index (χ2v) is 5.12. The molecule has 16 heavy (non-hydrogen) atoms. The van der Waals surface area contributed by atoms with E-state index >= 15 is 0 Å². The van der Waals surface area contributed by atoms with Gasteiger partial charge in [-0.15, -0.1) is 0 Å². The van der Waals surface area contributed by atoms with Crippen molar-refractivity contribution in [2.45, 2.75) is 45.1 Å². The summed E-state index contributed by atoms with van der Waals surface area (Å²) in [6, 6.07) is 9.56. The van der Waals surface area contributed by atoms with Gasteiger partial charge in [0, 0.05) is 6.04 Å². The largest absolute Gasteiger partial charge is 0.317 e. The summed E-state index contributed by atoms with van der Waals surface area (Å²) in [7, 11) is 2.10. The van der Waals surface area contributed by atoms with E-state index in [2.05, 4.69) is 50.5 Å². The minimum Gasteiger partial charge on any atom is -0.317 e. The standard InChI is InChI=1S/C15H23N/c1-4-11(2)15(16-3)10-13-9-12-7-5-6-8-14(12)13/h5-8,11,13,15-16H,4,9-10H2,1-3H3. The van der Waals surface area contributed by atoms with Crippen LogP contribution in [0.3, 0.4) is 0 Å². The van der Waals surface area contributed by atoms with Crippen LogP contribution in [0.25, 0.3) is 0 Å². The maximum Gasteiger partial charge on any atom is 0.00955 e. The van der Waals surface area contributed by atoms with Gasteiger partial charge in [0.2, 0.25) is 0 Å². The minimum absolute atomic E-state index is 0.670. The van der Waals surface area contributed by atoms with Crippen molar-refractivity contribution in [3.05, 3.63) is 35.4 Å². The highest BCUT2D eigenvalue weighted by Crippen LogP contribution is 2.38. The van der Waals surface area contributed by atoms with Crippen LogP contribution in [0.1, 0.15) is 43.7 Å². The van der Waals surface area contributed by atoms with E-state index in [1.807, 2.05) is 0 Å². The lowest BCUT2D eigenvalue weighted by Crippen LogP contribution is -2.35. The topological polar surface area (TPSA) is 12.0 Å². The Kier molecular flexibility index (Phi) is 3.65. The molecule has 0 saturated carbocycles. The molecule has 0 aromatic heterocycles. The molecule has 0 radical (unpaired) electrons. The molecule has 1 aromatic carbocycles. The van der Waals surface area contributed by atoms with Crippen LogP contribution < -0.4 is 5.32 Å². The molecule has 0 heterocycles. The summed E-state index contributed by atoms with van der Waals surface area (Å²) in [5.74, 6) is 1.57. The lowest BCUT2D eigenvalue weighted by Gasteiger charge is -2.34. The fourth-order valence-electron chi connectivity index (χ4n) is 2.80. The van der Waals surface area contributed by atoms with Crippen molar-refractivity contribution in [2.75, 3.05) is 7.05 Å². The molecule has 1 N–H and O–H groups in total. The Labute approximate surface area is 99.3 Å². The Hall–Kier alpha value is -0.820. The van der Waals surface area contributed by atoms with E-state index in [1.54, 1.807) is 11.1 Å². The summed E-state index contributed by atoms with van der Waals surface area (Å²) in [5.41, 5.74) is 3.15. The third kappa shape index (κ3) is 2.15. The summed E-state index contributed by atoms with van der Waals surface area (Å²) >= 11 is 0. The molecule has 0 fully saturated rings. The van der Waals surface area contributed by atoms with E-state index < -0.39 is 0 Å². The second-order valence-electron chi connectivity index (χ2n) is 5.12. The zero-order valence-electron chi connectivity index (χ0n) is 10.7. The normalized spacial score (nSPS) is 22.1. The maximum atomic E-state index is 3.48. The van der Waals surface area contributed by atoms with Crippen molar-refractivity contribution in [3.63, 3.8) is 0 Å². The summed E-state index contributed by atoms with van der Waals surface area (Å²) in [6.07, 6.45) is 3.84. The Morgan fingerprint density at radius 2 is 2.12 bits per heavy atom. The Morgan fingerprint density at radius 3 is 2.75 bits per heavy atom. The summed E-state index contributed by atoms with van der Waals surface area (Å²) in [6.45, 7) is 4.63. The monoisotopic (exact) mass is 217 g/mol. The van der Waals surface area contributed by atoms with Crippen molar-refractivity contribution in [1.29, 1.82) is 0 Å². The first-order valence-electron chi connectivity index (χ1n) is 6.51. The van der Waals surface area contributed by atoms with E-state index in [-0.39, 0.29) is 0 Å². The molecule has 2 rings (SSSR count). The van der Waals surface area contributed by atoms with Crippen LogP contribution >= 0.6 is 0 Å². The highest BCUT2D eigenvalue weighted by atomic mass is 14.9. The molecule has 0 aliphatic heterocycles. The second kappa shape index (κ2) is 5.01. The van der Waals surface area contributed by atoms with Crippen LogP contribution in [-0.4, -0.2) is 13.1 Å². The highest BCUT2D eigenvalue weighted by Gasteiger charge is 2.28. The fourth-order valence-corrected chi connectivity index (χ4v) is 2.80. The van der Waals surface area contributed by atoms with Crippen LogP contribution in [-0.2, 0) is 6.42 Å². The summed E-state index contributed by atoms with van der Waals surface area (Å²) in [5, 5.41) is 3.48. The smallest absolute Gasteiger partial charge is 0.00955 e. The summed E-state index contributed by atoms with van der Waals surface area (Å²) in [4.78, 5) is 0. The zero-order valence-corrected chi connectivity index (χ0v) is 10.7. The predicted molar refractivity (Wildman–Crippen MR) is 69.8 cm³/mol. The molecule has 1 aromatic rings. The van der Waals surface area contributed by atoms with E-state index in [4.69, 9.17) is 0 Å². The molecule has 88 valence electrons. The molecule has 0 bridgehead atoms. The Balaban J connectivity index is 1.97. The first-order chi connectivity index (χ1) is 7.76. The zero-order chi connectivity index (χ0) is 11.5. The SMILES string of the molecule is CCC(C)C(CC1Cc2ccccc21)NC. The van der Waals surface area contributed by atoms with Gasteiger partial charge in [-0.25, -0.2) is 0 Å². The third-order valence-electron chi connectivity index (χ3n) is 4.20. The van der Waals surface area contributed by atoms with Crippen LogP contribution in [0.2, 0.25) is 0 Å². The van der Waals surface area contributed by atoms with Gasteiger partial charge < -0.3 is 5.32 Å². The average molecular weight is 217 g/mol. The van der Waals surface area contributed by atoms with E-state index in [9.17, 15) is 0 Å². The third-order valence-corrected chi connectivity index (χ3v) is 4.20. The molecular formula is C15H23N. The van der Waals surface area contributed by atoms with Crippen molar-refractivity contribution < 1.29 is 0 Å². The Morgan fingerprint density at radius 1 is 1.38 bits per heavy atom. The van der Waals surface area contributed by atoms with E-state index in [1.165, 1.54) is 19.3 Å². The molecule has 1 aliphatic rings. The van der Waals surface area contributed by atoms with Crippen LogP contribution in [0.5, 0.6) is 0 Å². The van der Waals surface area contributed by atoms with Crippen LogP contribution in [0.15, 0.2) is 24.3 Å². The van der Waals surface area contributed by atoms with Gasteiger partial charge in [0.05, 0.1) is 0 Å². The first-order valence-corrected chi connectivity index (χ1v) is 6.51. The van der Waals surface area contributed by atoms with Gasteiger partial charge in [0.25, 0.3) is 0 Å². The van der Waals surface area contributed by atoms with Gasteiger partial charge in [-0.3, -0.25) is 0 Å². The molecule has 0 saturated heterocycles. The van der Waals surface area contributed by atoms with Crippen LogP contribution in [0, 0.1) is 5.92 Å². The number of rotatable bonds is 5. The van der Waals surface area contributed by atoms with Crippen LogP contribution in [0.4, 0.5) is 0 Å². The van der Waals surface area contributed by atoms with Gasteiger partial charge in [-0.1, -0.05) is 44.5 Å². The fraction of sp³-hybridized carbons (Fsp3) is 0.600. The molecule has 0 amide bonds. The molecule has 0 spiro atoms. The quantitative estimate of drug-likeness (QED) is 0.797. The van der Waals surface area contributed by atoms with Gasteiger partial charge in [-0.05, 0) is 42.9 Å².